The number of aryl methyl sites for hydroxylation is 1. The molecule has 0 N–H and O–H groups in total. The second-order valence-electron chi connectivity index (χ2n) is 3.97. The van der Waals surface area contributed by atoms with Crippen molar-refractivity contribution >= 4 is 22.5 Å². The summed E-state index contributed by atoms with van der Waals surface area (Å²) < 4.78 is 5.09. The average molecular weight is 260 g/mol. The number of rotatable bonds is 3. The van der Waals surface area contributed by atoms with Crippen molar-refractivity contribution in [3.05, 3.63) is 59.7 Å². The van der Waals surface area contributed by atoms with Crippen LogP contribution in [0.5, 0.6) is 5.75 Å². The molecule has 0 aliphatic heterocycles. The van der Waals surface area contributed by atoms with Crippen LogP contribution in [0.4, 0.5) is 5.69 Å². The Morgan fingerprint density at radius 3 is 2.44 bits per heavy atom. The van der Waals surface area contributed by atoms with Gasteiger partial charge in [0.2, 0.25) is 0 Å². The maximum Gasteiger partial charge on any atom is 0.136 e. The van der Waals surface area contributed by atoms with E-state index in [9.17, 15) is 0 Å². The van der Waals surface area contributed by atoms with Crippen LogP contribution >= 0.6 is 11.6 Å². The number of halogens is 1. The van der Waals surface area contributed by atoms with E-state index in [-0.39, 0.29) is 0 Å². The van der Waals surface area contributed by atoms with Crippen LogP contribution in [0, 0.1) is 6.92 Å². The summed E-state index contributed by atoms with van der Waals surface area (Å²) >= 11 is 6.21. The first-order valence-corrected chi connectivity index (χ1v) is 6.02. The van der Waals surface area contributed by atoms with Gasteiger partial charge in [-0.25, -0.2) is 4.99 Å². The smallest absolute Gasteiger partial charge is 0.136 e. The Labute approximate surface area is 112 Å². The Morgan fingerprint density at radius 2 is 1.83 bits per heavy atom. The summed E-state index contributed by atoms with van der Waals surface area (Å²) in [5.74, 6) is 0.806. The lowest BCUT2D eigenvalue weighted by Gasteiger charge is -2.02. The quantitative estimate of drug-likeness (QED) is 0.752. The predicted molar refractivity (Wildman–Crippen MR) is 76.2 cm³/mol. The molecule has 3 heteroatoms. The number of hydrogen-bond donors (Lipinski definition) is 0. The highest BCUT2D eigenvalue weighted by atomic mass is 35.5. The minimum atomic E-state index is 0.490. The Morgan fingerprint density at radius 1 is 1.11 bits per heavy atom. The van der Waals surface area contributed by atoms with Gasteiger partial charge >= 0.3 is 0 Å². The zero-order chi connectivity index (χ0) is 13.0. The fourth-order valence-electron chi connectivity index (χ4n) is 1.61. The van der Waals surface area contributed by atoms with Gasteiger partial charge in [0.25, 0.3) is 0 Å². The normalized spacial score (nSPS) is 11.4. The van der Waals surface area contributed by atoms with Gasteiger partial charge < -0.3 is 4.74 Å². The van der Waals surface area contributed by atoms with Gasteiger partial charge in [-0.3, -0.25) is 0 Å². The molecular weight excluding hydrogens is 246 g/mol. The molecule has 0 aliphatic carbocycles. The van der Waals surface area contributed by atoms with Gasteiger partial charge in [-0.15, -0.1) is 0 Å². The summed E-state index contributed by atoms with van der Waals surface area (Å²) in [4.78, 5) is 4.37. The van der Waals surface area contributed by atoms with Crippen LogP contribution in [0.25, 0.3) is 0 Å². The molecule has 0 atom stereocenters. The van der Waals surface area contributed by atoms with Crippen molar-refractivity contribution in [2.75, 3.05) is 7.11 Å². The Bertz CT molecular complexity index is 561. The van der Waals surface area contributed by atoms with Gasteiger partial charge in [0.1, 0.15) is 10.9 Å². The number of methoxy groups -OCH3 is 1. The van der Waals surface area contributed by atoms with E-state index in [1.165, 1.54) is 0 Å². The molecule has 0 saturated carbocycles. The van der Waals surface area contributed by atoms with Gasteiger partial charge in [0.05, 0.1) is 12.8 Å². The molecule has 2 aromatic carbocycles. The summed E-state index contributed by atoms with van der Waals surface area (Å²) in [5.41, 5.74) is 2.89. The lowest BCUT2D eigenvalue weighted by atomic mass is 10.1. The maximum atomic E-state index is 6.21. The lowest BCUT2D eigenvalue weighted by molar-refractivity contribution is 0.415. The van der Waals surface area contributed by atoms with Crippen LogP contribution in [0.1, 0.15) is 11.1 Å². The first-order chi connectivity index (χ1) is 8.69. The van der Waals surface area contributed by atoms with Gasteiger partial charge in [-0.1, -0.05) is 35.4 Å². The number of hydrogen-bond acceptors (Lipinski definition) is 2. The fraction of sp³-hybridized carbons (Fsp3) is 0.133. The van der Waals surface area contributed by atoms with E-state index in [1.807, 2.05) is 55.5 Å². The predicted octanol–water partition coefficient (Wildman–Crippen LogP) is 4.32. The SMILES string of the molecule is COc1ccc(N=C(Cl)c2cccc(C)c2)cc1. The maximum absolute atomic E-state index is 6.21. The lowest BCUT2D eigenvalue weighted by Crippen LogP contribution is -1.90. The molecule has 0 spiro atoms. The van der Waals surface area contributed by atoms with Crippen molar-refractivity contribution in [2.45, 2.75) is 6.92 Å². The van der Waals surface area contributed by atoms with Crippen molar-refractivity contribution in [1.82, 2.24) is 0 Å². The van der Waals surface area contributed by atoms with E-state index >= 15 is 0 Å². The monoisotopic (exact) mass is 259 g/mol. The molecular formula is C15H14ClNO. The van der Waals surface area contributed by atoms with Crippen LogP contribution in [-0.2, 0) is 0 Å². The topological polar surface area (TPSA) is 21.6 Å². The van der Waals surface area contributed by atoms with Gasteiger partial charge in [0.15, 0.2) is 0 Å². The molecule has 2 rings (SSSR count). The van der Waals surface area contributed by atoms with Crippen LogP contribution in [0.15, 0.2) is 53.5 Å². The molecule has 0 aliphatic rings. The molecule has 0 heterocycles. The van der Waals surface area contributed by atoms with Crippen molar-refractivity contribution in [3.8, 4) is 5.75 Å². The molecule has 0 unspecified atom stereocenters. The summed E-state index contributed by atoms with van der Waals surface area (Å²) in [6, 6.07) is 15.4. The third kappa shape index (κ3) is 3.11. The van der Waals surface area contributed by atoms with E-state index in [4.69, 9.17) is 16.3 Å². The van der Waals surface area contributed by atoms with Crippen molar-refractivity contribution in [3.63, 3.8) is 0 Å². The summed E-state index contributed by atoms with van der Waals surface area (Å²) in [7, 11) is 1.64. The second kappa shape index (κ2) is 5.69. The Balaban J connectivity index is 2.26. The average Bonchev–Trinajstić information content (AvgIpc) is 2.39. The van der Waals surface area contributed by atoms with Crippen molar-refractivity contribution in [1.29, 1.82) is 0 Å². The third-order valence-corrected chi connectivity index (χ3v) is 2.86. The van der Waals surface area contributed by atoms with Crippen LogP contribution in [-0.4, -0.2) is 12.3 Å². The van der Waals surface area contributed by atoms with Crippen LogP contribution in [0.2, 0.25) is 0 Å². The minimum absolute atomic E-state index is 0.490. The molecule has 92 valence electrons. The molecule has 0 amide bonds. The number of nitrogens with zero attached hydrogens (tertiary/aromatic N) is 1. The van der Waals surface area contributed by atoms with E-state index in [0.717, 1.165) is 22.6 Å². The summed E-state index contributed by atoms with van der Waals surface area (Å²) in [6.45, 7) is 2.03. The molecule has 18 heavy (non-hydrogen) atoms. The zero-order valence-electron chi connectivity index (χ0n) is 10.4. The van der Waals surface area contributed by atoms with Crippen molar-refractivity contribution in [2.24, 2.45) is 4.99 Å². The summed E-state index contributed by atoms with van der Waals surface area (Å²) in [5, 5.41) is 0.490. The highest BCUT2D eigenvalue weighted by molar-refractivity contribution is 6.69. The second-order valence-corrected chi connectivity index (χ2v) is 4.33. The third-order valence-electron chi connectivity index (χ3n) is 2.56. The zero-order valence-corrected chi connectivity index (χ0v) is 11.1. The molecule has 0 bridgehead atoms. The highest BCUT2D eigenvalue weighted by Crippen LogP contribution is 2.20. The first-order valence-electron chi connectivity index (χ1n) is 5.64. The number of aliphatic imine (C=N–C) groups is 1. The molecule has 2 nitrogen and oxygen atoms in total. The molecule has 0 fully saturated rings. The number of ether oxygens (including phenoxy) is 1. The van der Waals surface area contributed by atoms with E-state index < -0.39 is 0 Å². The first kappa shape index (κ1) is 12.7. The van der Waals surface area contributed by atoms with Crippen LogP contribution < -0.4 is 4.74 Å². The molecule has 0 radical (unpaired) electrons. The Hall–Kier alpha value is -1.80. The van der Waals surface area contributed by atoms with E-state index in [0.29, 0.717) is 5.17 Å². The number of benzene rings is 2. The highest BCUT2D eigenvalue weighted by Gasteiger charge is 2.00. The van der Waals surface area contributed by atoms with E-state index in [1.54, 1.807) is 7.11 Å². The fourth-order valence-corrected chi connectivity index (χ4v) is 1.82. The van der Waals surface area contributed by atoms with E-state index in [2.05, 4.69) is 4.99 Å². The van der Waals surface area contributed by atoms with Gasteiger partial charge in [-0.05, 0) is 37.3 Å². The molecule has 0 aromatic heterocycles. The molecule has 0 saturated heterocycles. The van der Waals surface area contributed by atoms with Gasteiger partial charge in [0, 0.05) is 5.56 Å². The molecule has 2 aromatic rings. The van der Waals surface area contributed by atoms with Crippen LogP contribution in [0.3, 0.4) is 0 Å². The largest absolute Gasteiger partial charge is 0.497 e. The van der Waals surface area contributed by atoms with Gasteiger partial charge in [-0.2, -0.15) is 0 Å². The summed E-state index contributed by atoms with van der Waals surface area (Å²) in [6.07, 6.45) is 0. The Kier molecular flexibility index (Phi) is 4.00. The minimum Gasteiger partial charge on any atom is -0.497 e. The standard InChI is InChI=1S/C15H14ClNO/c1-11-4-3-5-12(10-11)15(16)17-13-6-8-14(18-2)9-7-13/h3-10H,1-2H3. The van der Waals surface area contributed by atoms with Crippen molar-refractivity contribution < 1.29 is 4.74 Å².